The molecule has 0 fully saturated rings. The number of hydrogen-bond donors (Lipinski definition) is 3. The first kappa shape index (κ1) is 11.4. The van der Waals surface area contributed by atoms with E-state index in [1.165, 1.54) is 12.1 Å². The number of aromatic hydroxyl groups is 3. The van der Waals surface area contributed by atoms with Gasteiger partial charge in [0.25, 0.3) is 0 Å². The van der Waals surface area contributed by atoms with Gasteiger partial charge in [0, 0.05) is 0 Å². The van der Waals surface area contributed by atoms with Crippen LogP contribution in [0.4, 0.5) is 0 Å². The Morgan fingerprint density at radius 2 is 1.32 bits per heavy atom. The standard InChI is InChI=1S/C16H12O3/c17-14-8-11(9-15(18)16(14)19)13-7-3-5-10-4-1-2-6-12(10)13/h1-9,17-19H. The maximum absolute atomic E-state index is 9.60. The van der Waals surface area contributed by atoms with Gasteiger partial charge in [0.15, 0.2) is 17.2 Å². The van der Waals surface area contributed by atoms with Crippen LogP contribution in [-0.2, 0) is 0 Å². The Morgan fingerprint density at radius 3 is 2.05 bits per heavy atom. The van der Waals surface area contributed by atoms with E-state index < -0.39 is 5.75 Å². The fourth-order valence-corrected chi connectivity index (χ4v) is 2.24. The zero-order valence-electron chi connectivity index (χ0n) is 10.0. The third-order valence-electron chi connectivity index (χ3n) is 3.17. The molecule has 0 aliphatic carbocycles. The maximum atomic E-state index is 9.60. The van der Waals surface area contributed by atoms with Crippen molar-refractivity contribution in [3.8, 4) is 28.4 Å². The molecule has 3 aromatic carbocycles. The molecule has 0 atom stereocenters. The monoisotopic (exact) mass is 252 g/mol. The second-order valence-electron chi connectivity index (χ2n) is 4.39. The molecule has 0 radical (unpaired) electrons. The zero-order chi connectivity index (χ0) is 13.4. The van der Waals surface area contributed by atoms with E-state index in [0.29, 0.717) is 5.56 Å². The first-order valence-corrected chi connectivity index (χ1v) is 5.90. The molecule has 0 spiro atoms. The Bertz CT molecular complexity index is 735. The third kappa shape index (κ3) is 1.85. The Labute approximate surface area is 110 Å². The minimum atomic E-state index is -0.496. The van der Waals surface area contributed by atoms with Crippen molar-refractivity contribution in [2.45, 2.75) is 0 Å². The molecule has 94 valence electrons. The van der Waals surface area contributed by atoms with Gasteiger partial charge in [0.1, 0.15) is 0 Å². The van der Waals surface area contributed by atoms with Crippen LogP contribution < -0.4 is 0 Å². The first-order chi connectivity index (χ1) is 9.16. The summed E-state index contributed by atoms with van der Waals surface area (Å²) in [5.41, 5.74) is 1.55. The van der Waals surface area contributed by atoms with Crippen molar-refractivity contribution in [1.82, 2.24) is 0 Å². The van der Waals surface area contributed by atoms with Crippen molar-refractivity contribution in [3.05, 3.63) is 54.6 Å². The molecule has 0 amide bonds. The fourth-order valence-electron chi connectivity index (χ4n) is 2.24. The summed E-state index contributed by atoms with van der Waals surface area (Å²) in [5.74, 6) is -1.16. The van der Waals surface area contributed by atoms with E-state index in [1.54, 1.807) is 0 Å². The Morgan fingerprint density at radius 1 is 0.684 bits per heavy atom. The average Bonchev–Trinajstić information content (AvgIpc) is 2.43. The number of fused-ring (bicyclic) bond motifs is 1. The molecule has 0 aliphatic heterocycles. The molecular formula is C16H12O3. The number of phenols is 3. The van der Waals surface area contributed by atoms with Gasteiger partial charge < -0.3 is 15.3 Å². The summed E-state index contributed by atoms with van der Waals surface area (Å²) in [6.45, 7) is 0. The van der Waals surface area contributed by atoms with Crippen LogP contribution in [0, 0.1) is 0 Å². The summed E-state index contributed by atoms with van der Waals surface area (Å²) in [7, 11) is 0. The van der Waals surface area contributed by atoms with E-state index in [4.69, 9.17) is 0 Å². The van der Waals surface area contributed by atoms with Gasteiger partial charge in [-0.05, 0) is 34.0 Å². The van der Waals surface area contributed by atoms with Crippen molar-refractivity contribution < 1.29 is 15.3 Å². The number of hydrogen-bond acceptors (Lipinski definition) is 3. The quantitative estimate of drug-likeness (QED) is 0.580. The van der Waals surface area contributed by atoms with Crippen molar-refractivity contribution in [1.29, 1.82) is 0 Å². The average molecular weight is 252 g/mol. The van der Waals surface area contributed by atoms with Crippen LogP contribution in [0.15, 0.2) is 54.6 Å². The smallest absolute Gasteiger partial charge is 0.200 e. The Balaban J connectivity index is 2.31. The summed E-state index contributed by atoms with van der Waals surface area (Å²) >= 11 is 0. The van der Waals surface area contributed by atoms with Crippen LogP contribution in [0.25, 0.3) is 21.9 Å². The number of benzene rings is 3. The van der Waals surface area contributed by atoms with Crippen LogP contribution in [-0.4, -0.2) is 15.3 Å². The first-order valence-electron chi connectivity index (χ1n) is 5.90. The Kier molecular flexibility index (Phi) is 2.53. The van der Waals surface area contributed by atoms with Gasteiger partial charge >= 0.3 is 0 Å². The number of phenolic OH excluding ortho intramolecular Hbond substituents is 3. The molecule has 0 bridgehead atoms. The van der Waals surface area contributed by atoms with Gasteiger partial charge in [-0.25, -0.2) is 0 Å². The second kappa shape index (κ2) is 4.21. The Hall–Kier alpha value is -2.68. The molecule has 3 rings (SSSR count). The highest BCUT2D eigenvalue weighted by molar-refractivity contribution is 5.97. The molecule has 0 saturated carbocycles. The van der Waals surface area contributed by atoms with Gasteiger partial charge in [-0.1, -0.05) is 42.5 Å². The molecule has 3 N–H and O–H groups in total. The lowest BCUT2D eigenvalue weighted by Crippen LogP contribution is -1.82. The highest BCUT2D eigenvalue weighted by atomic mass is 16.3. The SMILES string of the molecule is Oc1cc(-c2cccc3ccccc23)cc(O)c1O. The van der Waals surface area contributed by atoms with E-state index in [0.717, 1.165) is 16.3 Å². The molecule has 3 nitrogen and oxygen atoms in total. The molecule has 0 heterocycles. The molecule has 3 heteroatoms. The maximum Gasteiger partial charge on any atom is 0.200 e. The largest absolute Gasteiger partial charge is 0.504 e. The van der Waals surface area contributed by atoms with E-state index >= 15 is 0 Å². The summed E-state index contributed by atoms with van der Waals surface area (Å²) in [6, 6.07) is 16.6. The van der Waals surface area contributed by atoms with Gasteiger partial charge in [0.05, 0.1) is 0 Å². The summed E-state index contributed by atoms with van der Waals surface area (Å²) in [6.07, 6.45) is 0. The van der Waals surface area contributed by atoms with Gasteiger partial charge in [-0.3, -0.25) is 0 Å². The predicted molar refractivity (Wildman–Crippen MR) is 74.4 cm³/mol. The highest BCUT2D eigenvalue weighted by Crippen LogP contribution is 2.40. The zero-order valence-corrected chi connectivity index (χ0v) is 10.0. The van der Waals surface area contributed by atoms with Crippen molar-refractivity contribution in [2.24, 2.45) is 0 Å². The topological polar surface area (TPSA) is 60.7 Å². The lowest BCUT2D eigenvalue weighted by atomic mass is 9.98. The fraction of sp³-hybridized carbons (Fsp3) is 0. The molecule has 0 saturated heterocycles. The lowest BCUT2D eigenvalue weighted by molar-refractivity contribution is 0.368. The minimum absolute atomic E-state index is 0.331. The predicted octanol–water partition coefficient (Wildman–Crippen LogP) is 3.62. The minimum Gasteiger partial charge on any atom is -0.504 e. The number of rotatable bonds is 1. The van der Waals surface area contributed by atoms with E-state index in [-0.39, 0.29) is 11.5 Å². The van der Waals surface area contributed by atoms with Gasteiger partial charge in [0.2, 0.25) is 0 Å². The molecule has 19 heavy (non-hydrogen) atoms. The van der Waals surface area contributed by atoms with Crippen LogP contribution in [0.2, 0.25) is 0 Å². The van der Waals surface area contributed by atoms with Crippen molar-refractivity contribution in [2.75, 3.05) is 0 Å². The molecule has 3 aromatic rings. The summed E-state index contributed by atoms with van der Waals surface area (Å²) in [4.78, 5) is 0. The van der Waals surface area contributed by atoms with E-state index in [9.17, 15) is 15.3 Å². The van der Waals surface area contributed by atoms with Crippen LogP contribution in [0.1, 0.15) is 0 Å². The van der Waals surface area contributed by atoms with E-state index in [1.807, 2.05) is 42.5 Å². The molecule has 0 aliphatic rings. The summed E-state index contributed by atoms with van der Waals surface area (Å²) in [5, 5.41) is 30.7. The highest BCUT2D eigenvalue weighted by Gasteiger charge is 2.11. The molecule has 0 aromatic heterocycles. The van der Waals surface area contributed by atoms with E-state index in [2.05, 4.69) is 0 Å². The normalized spacial score (nSPS) is 10.7. The summed E-state index contributed by atoms with van der Waals surface area (Å²) < 4.78 is 0. The van der Waals surface area contributed by atoms with Crippen molar-refractivity contribution in [3.63, 3.8) is 0 Å². The molecule has 0 unspecified atom stereocenters. The lowest BCUT2D eigenvalue weighted by Gasteiger charge is -2.09. The van der Waals surface area contributed by atoms with Gasteiger partial charge in [-0.15, -0.1) is 0 Å². The van der Waals surface area contributed by atoms with Crippen molar-refractivity contribution >= 4 is 10.8 Å². The third-order valence-corrected chi connectivity index (χ3v) is 3.17. The second-order valence-corrected chi connectivity index (χ2v) is 4.39. The van der Waals surface area contributed by atoms with Crippen LogP contribution in [0.5, 0.6) is 17.2 Å². The van der Waals surface area contributed by atoms with Crippen LogP contribution >= 0.6 is 0 Å². The van der Waals surface area contributed by atoms with Crippen LogP contribution in [0.3, 0.4) is 0 Å². The van der Waals surface area contributed by atoms with Gasteiger partial charge in [-0.2, -0.15) is 0 Å². The molecular weight excluding hydrogens is 240 g/mol.